The number of hydrogen-bond acceptors (Lipinski definition) is 8. The Kier molecular flexibility index (Phi) is 8.80. The Bertz CT molecular complexity index is 3030. The standard InChI is InChI=1S/C46H24Cl3N3O6S/c47-36-34-35(37(48)42(38(36)49)59-21-22-8-2-1-3-9-22)46(58)52(45(34)57)32-17-14-25(20-51-43(55)27-12-6-7-13-28(27)44(51)56)26-15-16-31(50-39(26)32)33-40(53)29-18-23-10-4-5-11-24(23)19-30(29)41(33)54/h1-19,33H,20-21H2. The predicted octanol–water partition coefficient (Wildman–Crippen LogP) is 10.4. The SMILES string of the molecule is O=C1c2cc3ccccc3cc2C(=O)C1c1ccc2c(CN3C(=O)c4ccccc4C3=O)ccc(N3C(=O)c4c(Cl)c(Cl)c(SCc5ccccc5)c(Cl)c4C3=O)c2n1. The summed E-state index contributed by atoms with van der Waals surface area (Å²) in [5, 5.41) is 1.79. The second kappa shape index (κ2) is 14.0. The van der Waals surface area contributed by atoms with Crippen LogP contribution in [0.15, 0.2) is 120 Å². The van der Waals surface area contributed by atoms with Gasteiger partial charge in [-0.05, 0) is 58.3 Å². The lowest BCUT2D eigenvalue weighted by Crippen LogP contribution is -2.31. The molecule has 7 aromatic rings. The van der Waals surface area contributed by atoms with E-state index in [0.717, 1.165) is 26.1 Å². The van der Waals surface area contributed by atoms with Crippen molar-refractivity contribution in [1.29, 1.82) is 0 Å². The molecule has 0 radical (unpaired) electrons. The second-order valence-corrected chi connectivity index (χ2v) is 16.4. The van der Waals surface area contributed by atoms with E-state index in [4.69, 9.17) is 39.8 Å². The van der Waals surface area contributed by atoms with Crippen molar-refractivity contribution in [3.8, 4) is 0 Å². The summed E-state index contributed by atoms with van der Waals surface area (Å²) in [6, 6.07) is 33.1. The highest BCUT2D eigenvalue weighted by atomic mass is 35.5. The van der Waals surface area contributed by atoms with Gasteiger partial charge in [-0.2, -0.15) is 0 Å². The van der Waals surface area contributed by atoms with Crippen molar-refractivity contribution in [1.82, 2.24) is 9.88 Å². The molecule has 0 spiro atoms. The van der Waals surface area contributed by atoms with Gasteiger partial charge in [-0.1, -0.05) is 114 Å². The van der Waals surface area contributed by atoms with Gasteiger partial charge < -0.3 is 0 Å². The van der Waals surface area contributed by atoms with E-state index in [2.05, 4.69) is 0 Å². The molecule has 0 unspecified atom stereocenters. The molecule has 0 fully saturated rings. The normalized spacial score (nSPS) is 15.0. The zero-order chi connectivity index (χ0) is 40.9. The van der Waals surface area contributed by atoms with Crippen LogP contribution in [0.5, 0.6) is 0 Å². The number of pyridine rings is 1. The quantitative estimate of drug-likeness (QED) is 0.0672. The molecule has 1 aromatic heterocycles. The third-order valence-corrected chi connectivity index (χ3v) is 13.6. The van der Waals surface area contributed by atoms with E-state index in [-0.39, 0.29) is 71.9 Å². The number of ketones is 2. The van der Waals surface area contributed by atoms with Gasteiger partial charge >= 0.3 is 0 Å². The Morgan fingerprint density at radius 3 is 1.78 bits per heavy atom. The van der Waals surface area contributed by atoms with E-state index in [1.54, 1.807) is 48.5 Å². The van der Waals surface area contributed by atoms with Gasteiger partial charge in [0.1, 0.15) is 5.92 Å². The fraction of sp³-hybridized carbons (Fsp3) is 0.0652. The van der Waals surface area contributed by atoms with Gasteiger partial charge in [0.25, 0.3) is 23.6 Å². The molecule has 13 heteroatoms. The maximum Gasteiger partial charge on any atom is 0.267 e. The van der Waals surface area contributed by atoms with Crippen LogP contribution >= 0.6 is 46.6 Å². The average molecular weight is 853 g/mol. The van der Waals surface area contributed by atoms with Crippen molar-refractivity contribution < 1.29 is 28.8 Å². The molecule has 1 aliphatic carbocycles. The van der Waals surface area contributed by atoms with Crippen LogP contribution in [0, 0.1) is 0 Å². The number of nitrogens with zero attached hydrogens (tertiary/aromatic N) is 3. The first-order valence-electron chi connectivity index (χ1n) is 18.3. The number of aromatic nitrogens is 1. The molecule has 2 aliphatic heterocycles. The highest BCUT2D eigenvalue weighted by Crippen LogP contribution is 2.49. The number of halogens is 3. The Hall–Kier alpha value is -6.17. The highest BCUT2D eigenvalue weighted by Gasteiger charge is 2.45. The third kappa shape index (κ3) is 5.66. The predicted molar refractivity (Wildman–Crippen MR) is 226 cm³/mol. The van der Waals surface area contributed by atoms with Gasteiger partial charge in [0.05, 0.1) is 60.8 Å². The molecule has 0 saturated carbocycles. The minimum atomic E-state index is -1.31. The summed E-state index contributed by atoms with van der Waals surface area (Å²) < 4.78 is 0. The Labute approximate surface area is 354 Å². The van der Waals surface area contributed by atoms with Crippen LogP contribution in [0.3, 0.4) is 0 Å². The minimum absolute atomic E-state index is 0.00190. The second-order valence-electron chi connectivity index (χ2n) is 14.3. The molecule has 0 saturated heterocycles. The Morgan fingerprint density at radius 2 is 1.15 bits per heavy atom. The molecule has 10 rings (SSSR count). The zero-order valence-electron chi connectivity index (χ0n) is 30.3. The maximum atomic E-state index is 14.5. The number of hydrogen-bond donors (Lipinski definition) is 0. The average Bonchev–Trinajstić information content (AvgIpc) is 3.76. The van der Waals surface area contributed by atoms with Crippen molar-refractivity contribution in [2.24, 2.45) is 0 Å². The molecule has 9 nitrogen and oxygen atoms in total. The summed E-state index contributed by atoms with van der Waals surface area (Å²) in [5.41, 5.74) is 2.32. The number of rotatable bonds is 7. The molecule has 59 heavy (non-hydrogen) atoms. The van der Waals surface area contributed by atoms with E-state index in [1.807, 2.05) is 54.6 Å². The molecule has 0 N–H and O–H groups in total. The largest absolute Gasteiger partial charge is 0.293 e. The molecule has 6 aromatic carbocycles. The number of fused-ring (bicyclic) bond motifs is 5. The van der Waals surface area contributed by atoms with Crippen molar-refractivity contribution in [2.45, 2.75) is 23.1 Å². The van der Waals surface area contributed by atoms with Crippen LogP contribution in [-0.4, -0.2) is 45.1 Å². The minimum Gasteiger partial charge on any atom is -0.293 e. The van der Waals surface area contributed by atoms with E-state index in [1.165, 1.54) is 23.9 Å². The smallest absolute Gasteiger partial charge is 0.267 e. The molecule has 3 heterocycles. The van der Waals surface area contributed by atoms with Crippen molar-refractivity contribution in [2.75, 3.05) is 4.90 Å². The van der Waals surface area contributed by atoms with E-state index < -0.39 is 41.1 Å². The highest BCUT2D eigenvalue weighted by molar-refractivity contribution is 7.98. The molecule has 0 atom stereocenters. The van der Waals surface area contributed by atoms with Crippen LogP contribution in [0.4, 0.5) is 5.69 Å². The lowest BCUT2D eigenvalue weighted by atomic mass is 9.97. The lowest BCUT2D eigenvalue weighted by molar-refractivity contribution is 0.0641. The zero-order valence-corrected chi connectivity index (χ0v) is 33.4. The van der Waals surface area contributed by atoms with Crippen molar-refractivity contribution in [3.63, 3.8) is 0 Å². The molecule has 4 amide bonds. The lowest BCUT2D eigenvalue weighted by Gasteiger charge is -2.21. The van der Waals surface area contributed by atoms with Gasteiger partial charge in [-0.25, -0.2) is 9.88 Å². The van der Waals surface area contributed by atoms with Gasteiger partial charge in [-0.3, -0.25) is 33.7 Å². The van der Waals surface area contributed by atoms with Crippen molar-refractivity contribution >= 4 is 109 Å². The summed E-state index contributed by atoms with van der Waals surface area (Å²) >= 11 is 21.7. The summed E-state index contributed by atoms with van der Waals surface area (Å²) in [4.78, 5) is 91.1. The summed E-state index contributed by atoms with van der Waals surface area (Å²) in [7, 11) is 0. The summed E-state index contributed by atoms with van der Waals surface area (Å²) in [6.07, 6.45) is 0. The first-order valence-corrected chi connectivity index (χ1v) is 20.4. The number of carbonyl (C=O) groups is 6. The number of imide groups is 2. The fourth-order valence-corrected chi connectivity index (χ4v) is 10.2. The molecular formula is C46H24Cl3N3O6S. The van der Waals surface area contributed by atoms with Crippen LogP contribution in [-0.2, 0) is 12.3 Å². The van der Waals surface area contributed by atoms with E-state index >= 15 is 0 Å². The van der Waals surface area contributed by atoms with Gasteiger partial charge in [0.15, 0.2) is 11.6 Å². The molecule has 3 aliphatic rings. The maximum absolute atomic E-state index is 14.5. The molecule has 0 bridgehead atoms. The van der Waals surface area contributed by atoms with E-state index in [9.17, 15) is 28.8 Å². The number of anilines is 1. The Morgan fingerprint density at radius 1 is 0.576 bits per heavy atom. The van der Waals surface area contributed by atoms with Crippen molar-refractivity contribution in [3.05, 3.63) is 181 Å². The Balaban J connectivity index is 1.10. The summed E-state index contributed by atoms with van der Waals surface area (Å²) in [5.74, 6) is -4.32. The van der Waals surface area contributed by atoms with Crippen LogP contribution < -0.4 is 4.90 Å². The van der Waals surface area contributed by atoms with Crippen LogP contribution in [0.25, 0.3) is 21.7 Å². The number of Topliss-reactive ketones (excluding diaryl/α,β-unsaturated/α-hetero) is 2. The van der Waals surface area contributed by atoms with Gasteiger partial charge in [-0.15, -0.1) is 11.8 Å². The monoisotopic (exact) mass is 851 g/mol. The van der Waals surface area contributed by atoms with Gasteiger partial charge in [0.2, 0.25) is 0 Å². The fourth-order valence-electron chi connectivity index (χ4n) is 8.09. The first-order chi connectivity index (χ1) is 28.5. The number of amides is 4. The molecule has 286 valence electrons. The topological polar surface area (TPSA) is 122 Å². The van der Waals surface area contributed by atoms with Crippen LogP contribution in [0.2, 0.25) is 15.1 Å². The van der Waals surface area contributed by atoms with E-state index in [0.29, 0.717) is 21.6 Å². The number of carbonyl (C=O) groups excluding carboxylic acids is 6. The number of thioether (sulfide) groups is 1. The first kappa shape index (κ1) is 37.1. The molecular weight excluding hydrogens is 829 g/mol. The van der Waals surface area contributed by atoms with Gasteiger partial charge in [0, 0.05) is 27.2 Å². The van der Waals surface area contributed by atoms with Crippen LogP contribution in [0.1, 0.15) is 84.9 Å². The third-order valence-electron chi connectivity index (χ3n) is 11.0. The summed E-state index contributed by atoms with van der Waals surface area (Å²) in [6.45, 7) is -0.180. The number of benzene rings is 6.